The summed E-state index contributed by atoms with van der Waals surface area (Å²) in [6.07, 6.45) is 4.50. The van der Waals surface area contributed by atoms with Crippen LogP contribution in [0.5, 0.6) is 0 Å². The van der Waals surface area contributed by atoms with Crippen molar-refractivity contribution in [2.45, 2.75) is 38.1 Å². The van der Waals surface area contributed by atoms with E-state index in [1.165, 1.54) is 19.3 Å². The molecule has 16 heavy (non-hydrogen) atoms. The van der Waals surface area contributed by atoms with Crippen LogP contribution in [0.2, 0.25) is 0 Å². The third kappa shape index (κ3) is 3.81. The number of carbonyl (C=O) groups excluding carboxylic acids is 1. The lowest BCUT2D eigenvalue weighted by Crippen LogP contribution is -2.43. The minimum absolute atomic E-state index is 0.276. The van der Waals surface area contributed by atoms with Gasteiger partial charge in [-0.1, -0.05) is 19.3 Å². The molecule has 1 aliphatic carbocycles. The van der Waals surface area contributed by atoms with Crippen molar-refractivity contribution >= 4 is 11.9 Å². The number of hydrogen-bond acceptors (Lipinski definition) is 3. The van der Waals surface area contributed by atoms with E-state index >= 15 is 0 Å². The maximum atomic E-state index is 11.6. The van der Waals surface area contributed by atoms with Gasteiger partial charge in [-0.25, -0.2) is 0 Å². The van der Waals surface area contributed by atoms with Crippen LogP contribution in [0.15, 0.2) is 0 Å². The van der Waals surface area contributed by atoms with Crippen LogP contribution in [0.25, 0.3) is 0 Å². The molecule has 1 atom stereocenters. The molecule has 0 aliphatic heterocycles. The van der Waals surface area contributed by atoms with Gasteiger partial charge in [-0.05, 0) is 12.3 Å². The van der Waals surface area contributed by atoms with Crippen LogP contribution in [-0.2, 0) is 9.59 Å². The van der Waals surface area contributed by atoms with Gasteiger partial charge in [0, 0.05) is 13.6 Å². The van der Waals surface area contributed by atoms with Gasteiger partial charge < -0.3 is 15.7 Å². The molecular weight excluding hydrogens is 208 g/mol. The number of aliphatic carboxylic acids is 1. The first-order valence-corrected chi connectivity index (χ1v) is 5.73. The standard InChI is InChI=1S/C11H20N2O3/c1-13(6-5-8-3-2-4-8)11(16)9(12)7-10(14)15/h8-9H,2-7,12H2,1H3,(H,14,15). The second-order valence-corrected chi connectivity index (χ2v) is 4.55. The first-order valence-electron chi connectivity index (χ1n) is 5.73. The summed E-state index contributed by atoms with van der Waals surface area (Å²) in [6.45, 7) is 0.677. The molecule has 0 spiro atoms. The highest BCUT2D eigenvalue weighted by Gasteiger charge is 2.23. The monoisotopic (exact) mass is 228 g/mol. The summed E-state index contributed by atoms with van der Waals surface area (Å²) in [6, 6.07) is -0.913. The van der Waals surface area contributed by atoms with Crippen molar-refractivity contribution < 1.29 is 14.7 Å². The predicted molar refractivity (Wildman–Crippen MR) is 59.8 cm³/mol. The highest BCUT2D eigenvalue weighted by Crippen LogP contribution is 2.29. The number of carbonyl (C=O) groups is 2. The SMILES string of the molecule is CN(CCC1CCC1)C(=O)C(N)CC(=O)O. The lowest BCUT2D eigenvalue weighted by atomic mass is 9.83. The second-order valence-electron chi connectivity index (χ2n) is 4.55. The Labute approximate surface area is 95.6 Å². The average molecular weight is 228 g/mol. The number of rotatable bonds is 6. The van der Waals surface area contributed by atoms with Crippen molar-refractivity contribution in [2.75, 3.05) is 13.6 Å². The highest BCUT2D eigenvalue weighted by atomic mass is 16.4. The zero-order valence-electron chi connectivity index (χ0n) is 9.69. The zero-order valence-corrected chi connectivity index (χ0v) is 9.69. The van der Waals surface area contributed by atoms with E-state index in [4.69, 9.17) is 10.8 Å². The smallest absolute Gasteiger partial charge is 0.305 e. The number of hydrogen-bond donors (Lipinski definition) is 2. The molecule has 0 saturated heterocycles. The Bertz CT molecular complexity index is 264. The third-order valence-electron chi connectivity index (χ3n) is 3.19. The molecule has 0 aromatic heterocycles. The van der Waals surface area contributed by atoms with Crippen molar-refractivity contribution in [2.24, 2.45) is 11.7 Å². The molecule has 3 N–H and O–H groups in total. The fourth-order valence-electron chi connectivity index (χ4n) is 1.83. The Morgan fingerprint density at radius 3 is 2.56 bits per heavy atom. The molecule has 1 amide bonds. The van der Waals surface area contributed by atoms with E-state index in [-0.39, 0.29) is 12.3 Å². The Kier molecular flexibility index (Phi) is 4.73. The van der Waals surface area contributed by atoms with Crippen molar-refractivity contribution in [3.8, 4) is 0 Å². The van der Waals surface area contributed by atoms with Crippen molar-refractivity contribution in [3.63, 3.8) is 0 Å². The molecule has 1 unspecified atom stereocenters. The summed E-state index contributed by atoms with van der Waals surface area (Å²) in [5.74, 6) is -0.569. The Balaban J connectivity index is 2.25. The molecule has 5 heteroatoms. The normalized spacial score (nSPS) is 17.6. The summed E-state index contributed by atoms with van der Waals surface area (Å²) >= 11 is 0. The molecule has 1 rings (SSSR count). The van der Waals surface area contributed by atoms with Gasteiger partial charge in [-0.3, -0.25) is 9.59 Å². The fraction of sp³-hybridized carbons (Fsp3) is 0.818. The predicted octanol–water partition coefficient (Wildman–Crippen LogP) is 0.437. The molecule has 0 aromatic carbocycles. The minimum Gasteiger partial charge on any atom is -0.481 e. The molecule has 1 saturated carbocycles. The Morgan fingerprint density at radius 1 is 1.50 bits per heavy atom. The fourth-order valence-corrected chi connectivity index (χ4v) is 1.83. The van der Waals surface area contributed by atoms with Crippen molar-refractivity contribution in [3.05, 3.63) is 0 Å². The molecule has 0 bridgehead atoms. The Hall–Kier alpha value is -1.10. The molecule has 0 heterocycles. The quantitative estimate of drug-likeness (QED) is 0.691. The van der Waals surface area contributed by atoms with Crippen LogP contribution in [0.1, 0.15) is 32.1 Å². The maximum Gasteiger partial charge on any atom is 0.305 e. The average Bonchev–Trinajstić information content (AvgIpc) is 2.12. The van der Waals surface area contributed by atoms with Gasteiger partial charge in [0.05, 0.1) is 12.5 Å². The van der Waals surface area contributed by atoms with Gasteiger partial charge in [0.1, 0.15) is 0 Å². The van der Waals surface area contributed by atoms with E-state index in [1.54, 1.807) is 11.9 Å². The Morgan fingerprint density at radius 2 is 2.12 bits per heavy atom. The lowest BCUT2D eigenvalue weighted by molar-refractivity contribution is -0.141. The molecule has 92 valence electrons. The van der Waals surface area contributed by atoms with Crippen LogP contribution in [0.4, 0.5) is 0 Å². The lowest BCUT2D eigenvalue weighted by Gasteiger charge is -2.28. The number of amides is 1. The summed E-state index contributed by atoms with van der Waals surface area (Å²) in [5, 5.41) is 8.53. The summed E-state index contributed by atoms with van der Waals surface area (Å²) < 4.78 is 0. The van der Waals surface area contributed by atoms with E-state index in [2.05, 4.69) is 0 Å². The number of nitrogens with zero attached hydrogens (tertiary/aromatic N) is 1. The molecule has 5 nitrogen and oxygen atoms in total. The van der Waals surface area contributed by atoms with E-state index in [9.17, 15) is 9.59 Å². The van der Waals surface area contributed by atoms with Crippen LogP contribution < -0.4 is 5.73 Å². The second kappa shape index (κ2) is 5.84. The zero-order chi connectivity index (χ0) is 12.1. The molecular formula is C11H20N2O3. The minimum atomic E-state index is -1.03. The summed E-state index contributed by atoms with van der Waals surface area (Å²) in [7, 11) is 1.68. The van der Waals surface area contributed by atoms with Gasteiger partial charge >= 0.3 is 5.97 Å². The topological polar surface area (TPSA) is 83.6 Å². The molecule has 0 radical (unpaired) electrons. The molecule has 1 aliphatic rings. The number of carboxylic acid groups (broad SMARTS) is 1. The largest absolute Gasteiger partial charge is 0.481 e. The first kappa shape index (κ1) is 13.0. The number of likely N-dealkylation sites (N-methyl/N-ethyl adjacent to an activating group) is 1. The number of carboxylic acids is 1. The van der Waals surface area contributed by atoms with Crippen molar-refractivity contribution in [1.29, 1.82) is 0 Å². The number of nitrogens with two attached hydrogens (primary N) is 1. The van der Waals surface area contributed by atoms with Gasteiger partial charge in [0.25, 0.3) is 0 Å². The van der Waals surface area contributed by atoms with Crippen LogP contribution in [0, 0.1) is 5.92 Å². The van der Waals surface area contributed by atoms with E-state index in [0.717, 1.165) is 12.3 Å². The van der Waals surface area contributed by atoms with E-state index in [1.807, 2.05) is 0 Å². The van der Waals surface area contributed by atoms with Crippen LogP contribution >= 0.6 is 0 Å². The summed E-state index contributed by atoms with van der Waals surface area (Å²) in [4.78, 5) is 23.6. The summed E-state index contributed by atoms with van der Waals surface area (Å²) in [5.41, 5.74) is 5.50. The van der Waals surface area contributed by atoms with E-state index in [0.29, 0.717) is 6.54 Å². The molecule has 1 fully saturated rings. The first-order chi connectivity index (χ1) is 7.50. The van der Waals surface area contributed by atoms with E-state index < -0.39 is 12.0 Å². The maximum absolute atomic E-state index is 11.6. The van der Waals surface area contributed by atoms with Gasteiger partial charge in [-0.2, -0.15) is 0 Å². The van der Waals surface area contributed by atoms with Gasteiger partial charge in [0.2, 0.25) is 5.91 Å². The highest BCUT2D eigenvalue weighted by molar-refractivity contribution is 5.85. The van der Waals surface area contributed by atoms with Gasteiger partial charge in [0.15, 0.2) is 0 Å². The van der Waals surface area contributed by atoms with Crippen LogP contribution in [0.3, 0.4) is 0 Å². The van der Waals surface area contributed by atoms with Gasteiger partial charge in [-0.15, -0.1) is 0 Å². The van der Waals surface area contributed by atoms with Crippen LogP contribution in [-0.4, -0.2) is 41.5 Å². The molecule has 0 aromatic rings. The third-order valence-corrected chi connectivity index (χ3v) is 3.19. The van der Waals surface area contributed by atoms with Crippen molar-refractivity contribution in [1.82, 2.24) is 4.90 Å².